The van der Waals surface area contributed by atoms with Crippen LogP contribution in [-0.2, 0) is 19.4 Å². The molecule has 1 aromatic rings. The van der Waals surface area contributed by atoms with E-state index in [1.165, 1.54) is 30.7 Å². The number of aromatic nitrogens is 2. The van der Waals surface area contributed by atoms with E-state index in [0.29, 0.717) is 0 Å². The van der Waals surface area contributed by atoms with Crippen LogP contribution in [0.2, 0.25) is 0 Å². The van der Waals surface area contributed by atoms with Gasteiger partial charge in [0.05, 0.1) is 11.7 Å². The average Bonchev–Trinajstić information content (AvgIpc) is 2.56. The lowest BCUT2D eigenvalue weighted by molar-refractivity contribution is 0.591. The maximum absolute atomic E-state index is 5.92. The van der Waals surface area contributed by atoms with Gasteiger partial charge in [0.25, 0.3) is 0 Å². The molecule has 0 spiro atoms. The number of aryl methyl sites for hydroxylation is 1. The Hall–Kier alpha value is -0.830. The van der Waals surface area contributed by atoms with Gasteiger partial charge in [-0.05, 0) is 39.5 Å². The van der Waals surface area contributed by atoms with Gasteiger partial charge in [0.2, 0.25) is 0 Å². The van der Waals surface area contributed by atoms with Crippen LogP contribution in [0.3, 0.4) is 0 Å². The summed E-state index contributed by atoms with van der Waals surface area (Å²) in [5.74, 6) is 1.07. The van der Waals surface area contributed by atoms with Crippen LogP contribution in [0.4, 0.5) is 0 Å². The molecule has 1 aromatic heterocycles. The van der Waals surface area contributed by atoms with Crippen LogP contribution in [-0.4, -0.2) is 9.55 Å². The van der Waals surface area contributed by atoms with Crippen LogP contribution in [0.25, 0.3) is 0 Å². The monoisotopic (exact) mass is 193 g/mol. The van der Waals surface area contributed by atoms with Gasteiger partial charge >= 0.3 is 0 Å². The van der Waals surface area contributed by atoms with E-state index in [2.05, 4.69) is 16.5 Å². The minimum Gasteiger partial charge on any atom is -0.331 e. The summed E-state index contributed by atoms with van der Waals surface area (Å²) in [6, 6.07) is 0.0561. The minimum atomic E-state index is 0.0561. The van der Waals surface area contributed by atoms with Crippen LogP contribution in [0.1, 0.15) is 49.9 Å². The van der Waals surface area contributed by atoms with E-state index < -0.39 is 0 Å². The fourth-order valence-corrected chi connectivity index (χ4v) is 2.32. The first kappa shape index (κ1) is 9.71. The van der Waals surface area contributed by atoms with Crippen LogP contribution < -0.4 is 5.73 Å². The Bertz CT molecular complexity index is 326. The van der Waals surface area contributed by atoms with Crippen molar-refractivity contribution in [1.82, 2.24) is 9.55 Å². The van der Waals surface area contributed by atoms with Crippen LogP contribution in [0.15, 0.2) is 0 Å². The molecule has 0 radical (unpaired) electrons. The third-order valence-electron chi connectivity index (χ3n) is 2.99. The lowest BCUT2D eigenvalue weighted by Crippen LogP contribution is -2.14. The predicted octanol–water partition coefficient (Wildman–Crippen LogP) is 1.80. The molecular formula is C11H19N3. The van der Waals surface area contributed by atoms with Crippen molar-refractivity contribution >= 4 is 0 Å². The number of hydrogen-bond donors (Lipinski definition) is 1. The lowest BCUT2D eigenvalue weighted by Gasteiger charge is -2.14. The third-order valence-corrected chi connectivity index (χ3v) is 2.99. The van der Waals surface area contributed by atoms with Gasteiger partial charge in [-0.1, -0.05) is 0 Å². The Morgan fingerprint density at radius 1 is 1.43 bits per heavy atom. The Kier molecular flexibility index (Phi) is 2.59. The SMILES string of the molecule is CCn1c(C(C)N)nc2c1CCCC2. The zero-order chi connectivity index (χ0) is 10.1. The van der Waals surface area contributed by atoms with Crippen molar-refractivity contribution in [2.45, 2.75) is 52.1 Å². The fourth-order valence-electron chi connectivity index (χ4n) is 2.32. The highest BCUT2D eigenvalue weighted by atomic mass is 15.1. The number of imidazole rings is 1. The van der Waals surface area contributed by atoms with Gasteiger partial charge < -0.3 is 10.3 Å². The first-order valence-electron chi connectivity index (χ1n) is 5.57. The first-order chi connectivity index (χ1) is 6.74. The molecule has 0 aliphatic heterocycles. The predicted molar refractivity (Wildman–Crippen MR) is 57.1 cm³/mol. The van der Waals surface area contributed by atoms with E-state index in [4.69, 9.17) is 5.73 Å². The molecule has 0 saturated heterocycles. The van der Waals surface area contributed by atoms with E-state index in [1.807, 2.05) is 6.92 Å². The molecule has 1 aliphatic carbocycles. The zero-order valence-electron chi connectivity index (χ0n) is 9.08. The van der Waals surface area contributed by atoms with Gasteiger partial charge in [0, 0.05) is 12.2 Å². The molecule has 2 N–H and O–H groups in total. The molecule has 78 valence electrons. The molecule has 1 aliphatic rings. The van der Waals surface area contributed by atoms with Crippen LogP contribution in [0.5, 0.6) is 0 Å². The molecule has 0 aromatic carbocycles. The van der Waals surface area contributed by atoms with E-state index in [1.54, 1.807) is 0 Å². The van der Waals surface area contributed by atoms with Crippen molar-refractivity contribution in [3.63, 3.8) is 0 Å². The maximum Gasteiger partial charge on any atom is 0.125 e. The fraction of sp³-hybridized carbons (Fsp3) is 0.727. The first-order valence-corrected chi connectivity index (χ1v) is 5.57. The lowest BCUT2D eigenvalue weighted by atomic mass is 10.0. The standard InChI is InChI=1S/C11H19N3/c1-3-14-10-7-5-4-6-9(10)13-11(14)8(2)12/h8H,3-7,12H2,1-2H3. The van der Waals surface area contributed by atoms with Crippen molar-refractivity contribution < 1.29 is 0 Å². The smallest absolute Gasteiger partial charge is 0.125 e. The summed E-state index contributed by atoms with van der Waals surface area (Å²) >= 11 is 0. The van der Waals surface area contributed by atoms with Gasteiger partial charge in [-0.25, -0.2) is 4.98 Å². The summed E-state index contributed by atoms with van der Waals surface area (Å²) in [5, 5.41) is 0. The molecule has 1 atom stereocenters. The molecule has 1 unspecified atom stereocenters. The largest absolute Gasteiger partial charge is 0.331 e. The zero-order valence-corrected chi connectivity index (χ0v) is 9.08. The van der Waals surface area contributed by atoms with E-state index >= 15 is 0 Å². The summed E-state index contributed by atoms with van der Waals surface area (Å²) in [6.07, 6.45) is 4.91. The molecule has 3 nitrogen and oxygen atoms in total. The molecular weight excluding hydrogens is 174 g/mol. The average molecular weight is 193 g/mol. The Labute approximate surface area is 85.3 Å². The summed E-state index contributed by atoms with van der Waals surface area (Å²) < 4.78 is 2.30. The number of nitrogens with zero attached hydrogens (tertiary/aromatic N) is 2. The molecule has 0 bridgehead atoms. The molecule has 0 amide bonds. The van der Waals surface area contributed by atoms with Gasteiger partial charge in [0.1, 0.15) is 5.82 Å². The number of fused-ring (bicyclic) bond motifs is 1. The number of rotatable bonds is 2. The van der Waals surface area contributed by atoms with Crippen molar-refractivity contribution in [2.24, 2.45) is 5.73 Å². The van der Waals surface area contributed by atoms with Crippen molar-refractivity contribution in [3.8, 4) is 0 Å². The summed E-state index contributed by atoms with van der Waals surface area (Å²) in [4.78, 5) is 4.66. The topological polar surface area (TPSA) is 43.8 Å². The summed E-state index contributed by atoms with van der Waals surface area (Å²) in [7, 11) is 0. The Balaban J connectivity index is 2.46. The van der Waals surface area contributed by atoms with Crippen LogP contribution >= 0.6 is 0 Å². The molecule has 2 rings (SSSR count). The van der Waals surface area contributed by atoms with E-state index in [0.717, 1.165) is 18.8 Å². The second kappa shape index (κ2) is 3.73. The van der Waals surface area contributed by atoms with Crippen molar-refractivity contribution in [1.29, 1.82) is 0 Å². The Morgan fingerprint density at radius 2 is 2.14 bits per heavy atom. The van der Waals surface area contributed by atoms with Gasteiger partial charge in [-0.3, -0.25) is 0 Å². The van der Waals surface area contributed by atoms with Crippen LogP contribution in [0, 0.1) is 0 Å². The molecule has 0 fully saturated rings. The summed E-state index contributed by atoms with van der Waals surface area (Å²) in [5.41, 5.74) is 8.65. The van der Waals surface area contributed by atoms with Gasteiger partial charge in [-0.15, -0.1) is 0 Å². The Morgan fingerprint density at radius 3 is 2.79 bits per heavy atom. The summed E-state index contributed by atoms with van der Waals surface area (Å²) in [6.45, 7) is 5.18. The second-order valence-electron chi connectivity index (χ2n) is 4.10. The molecule has 3 heteroatoms. The highest BCUT2D eigenvalue weighted by molar-refractivity contribution is 5.21. The molecule has 14 heavy (non-hydrogen) atoms. The van der Waals surface area contributed by atoms with Gasteiger partial charge in [-0.2, -0.15) is 0 Å². The highest BCUT2D eigenvalue weighted by Crippen LogP contribution is 2.24. The molecule has 1 heterocycles. The number of hydrogen-bond acceptors (Lipinski definition) is 2. The van der Waals surface area contributed by atoms with Gasteiger partial charge in [0.15, 0.2) is 0 Å². The third kappa shape index (κ3) is 1.46. The quantitative estimate of drug-likeness (QED) is 0.778. The van der Waals surface area contributed by atoms with E-state index in [-0.39, 0.29) is 6.04 Å². The maximum atomic E-state index is 5.92. The second-order valence-corrected chi connectivity index (χ2v) is 4.10. The normalized spacial score (nSPS) is 17.9. The number of nitrogens with two attached hydrogens (primary N) is 1. The molecule has 0 saturated carbocycles. The van der Waals surface area contributed by atoms with Crippen molar-refractivity contribution in [2.75, 3.05) is 0 Å². The van der Waals surface area contributed by atoms with Crippen molar-refractivity contribution in [3.05, 3.63) is 17.2 Å². The van der Waals surface area contributed by atoms with E-state index in [9.17, 15) is 0 Å². The minimum absolute atomic E-state index is 0.0561. The highest BCUT2D eigenvalue weighted by Gasteiger charge is 2.20.